The molecule has 0 aromatic rings. The highest BCUT2D eigenvalue weighted by Gasteiger charge is 2.23. The smallest absolute Gasteiger partial charge is 0.221 e. The van der Waals surface area contributed by atoms with Crippen LogP contribution in [0.25, 0.3) is 0 Å². The SMILES string of the molecule is CNC(=O)CCNC1CCCCC1SC. The fourth-order valence-electron chi connectivity index (χ4n) is 2.11. The van der Waals surface area contributed by atoms with Crippen LogP contribution in [0.1, 0.15) is 32.1 Å². The molecule has 1 aliphatic carbocycles. The second-order valence-corrected chi connectivity index (χ2v) is 5.12. The Hall–Kier alpha value is -0.220. The summed E-state index contributed by atoms with van der Waals surface area (Å²) >= 11 is 1.96. The van der Waals surface area contributed by atoms with Crippen molar-refractivity contribution in [2.75, 3.05) is 19.8 Å². The maximum atomic E-state index is 11.0. The largest absolute Gasteiger partial charge is 0.359 e. The summed E-state index contributed by atoms with van der Waals surface area (Å²) in [4.78, 5) is 11.0. The third-order valence-corrected chi connectivity index (χ3v) is 4.21. The molecule has 1 saturated carbocycles. The zero-order chi connectivity index (χ0) is 11.1. The van der Waals surface area contributed by atoms with Gasteiger partial charge >= 0.3 is 0 Å². The van der Waals surface area contributed by atoms with Gasteiger partial charge in [-0.3, -0.25) is 4.79 Å². The molecule has 3 nitrogen and oxygen atoms in total. The first-order valence-electron chi connectivity index (χ1n) is 5.74. The second-order valence-electron chi connectivity index (χ2n) is 4.04. The average Bonchev–Trinajstić information content (AvgIpc) is 2.29. The van der Waals surface area contributed by atoms with E-state index in [0.29, 0.717) is 12.5 Å². The van der Waals surface area contributed by atoms with E-state index in [0.717, 1.165) is 11.8 Å². The molecule has 1 amide bonds. The molecular formula is C11H22N2OS. The Labute approximate surface area is 96.8 Å². The van der Waals surface area contributed by atoms with E-state index >= 15 is 0 Å². The summed E-state index contributed by atoms with van der Waals surface area (Å²) in [5.41, 5.74) is 0. The van der Waals surface area contributed by atoms with Crippen molar-refractivity contribution in [3.05, 3.63) is 0 Å². The van der Waals surface area contributed by atoms with Crippen LogP contribution in [-0.4, -0.2) is 37.0 Å². The Kier molecular flexibility index (Phi) is 6.10. The van der Waals surface area contributed by atoms with Gasteiger partial charge in [0.1, 0.15) is 0 Å². The number of hydrogen-bond donors (Lipinski definition) is 2. The molecule has 4 heteroatoms. The van der Waals surface area contributed by atoms with Crippen molar-refractivity contribution < 1.29 is 4.79 Å². The molecule has 0 saturated heterocycles. The summed E-state index contributed by atoms with van der Waals surface area (Å²) < 4.78 is 0. The van der Waals surface area contributed by atoms with Gasteiger partial charge in [0.2, 0.25) is 5.91 Å². The van der Waals surface area contributed by atoms with Crippen molar-refractivity contribution in [3.8, 4) is 0 Å². The highest BCUT2D eigenvalue weighted by atomic mass is 32.2. The first-order valence-corrected chi connectivity index (χ1v) is 7.03. The molecule has 15 heavy (non-hydrogen) atoms. The van der Waals surface area contributed by atoms with Gasteiger partial charge in [0.15, 0.2) is 0 Å². The van der Waals surface area contributed by atoms with E-state index < -0.39 is 0 Å². The lowest BCUT2D eigenvalue weighted by Gasteiger charge is -2.31. The van der Waals surface area contributed by atoms with E-state index in [1.807, 2.05) is 11.8 Å². The highest BCUT2D eigenvalue weighted by molar-refractivity contribution is 7.99. The van der Waals surface area contributed by atoms with E-state index in [1.165, 1.54) is 25.7 Å². The normalized spacial score (nSPS) is 26.3. The first-order chi connectivity index (χ1) is 7.27. The van der Waals surface area contributed by atoms with Gasteiger partial charge in [0.05, 0.1) is 0 Å². The minimum atomic E-state index is 0.124. The number of nitrogens with one attached hydrogen (secondary N) is 2. The van der Waals surface area contributed by atoms with E-state index in [9.17, 15) is 4.79 Å². The zero-order valence-electron chi connectivity index (χ0n) is 9.71. The van der Waals surface area contributed by atoms with Crippen molar-refractivity contribution in [2.24, 2.45) is 0 Å². The lowest BCUT2D eigenvalue weighted by molar-refractivity contribution is -0.120. The molecule has 0 aromatic carbocycles. The average molecular weight is 230 g/mol. The van der Waals surface area contributed by atoms with Crippen molar-refractivity contribution >= 4 is 17.7 Å². The van der Waals surface area contributed by atoms with Crippen molar-refractivity contribution in [1.29, 1.82) is 0 Å². The summed E-state index contributed by atoms with van der Waals surface area (Å²) in [7, 11) is 1.69. The summed E-state index contributed by atoms with van der Waals surface area (Å²) in [5, 5.41) is 6.89. The van der Waals surface area contributed by atoms with Gasteiger partial charge in [-0.25, -0.2) is 0 Å². The standard InChI is InChI=1S/C11H22N2OS/c1-12-11(14)7-8-13-9-5-3-4-6-10(9)15-2/h9-10,13H,3-8H2,1-2H3,(H,12,14). The lowest BCUT2D eigenvalue weighted by atomic mass is 9.95. The van der Waals surface area contributed by atoms with Crippen molar-refractivity contribution in [2.45, 2.75) is 43.4 Å². The Morgan fingerprint density at radius 1 is 1.40 bits per heavy atom. The quantitative estimate of drug-likeness (QED) is 0.750. The fourth-order valence-corrected chi connectivity index (χ4v) is 3.07. The van der Waals surface area contributed by atoms with E-state index in [-0.39, 0.29) is 5.91 Å². The maximum Gasteiger partial charge on any atom is 0.221 e. The molecule has 0 heterocycles. The van der Waals surface area contributed by atoms with Crippen LogP contribution in [0.2, 0.25) is 0 Å². The monoisotopic (exact) mass is 230 g/mol. The van der Waals surface area contributed by atoms with E-state index in [4.69, 9.17) is 0 Å². The van der Waals surface area contributed by atoms with Crippen LogP contribution in [-0.2, 0) is 4.79 Å². The predicted octanol–water partition coefficient (Wildman–Crippen LogP) is 1.39. The molecule has 0 aromatic heterocycles. The van der Waals surface area contributed by atoms with Crippen LogP contribution in [0.4, 0.5) is 0 Å². The van der Waals surface area contributed by atoms with Crippen LogP contribution in [0.5, 0.6) is 0 Å². The molecule has 2 atom stereocenters. The number of rotatable bonds is 5. The Bertz CT molecular complexity index is 199. The van der Waals surface area contributed by atoms with Crippen LogP contribution in [0.15, 0.2) is 0 Å². The molecule has 1 rings (SSSR count). The molecule has 0 aliphatic heterocycles. The first kappa shape index (κ1) is 12.8. The van der Waals surface area contributed by atoms with Crippen LogP contribution >= 0.6 is 11.8 Å². The second kappa shape index (κ2) is 7.12. The van der Waals surface area contributed by atoms with Gasteiger partial charge < -0.3 is 10.6 Å². The van der Waals surface area contributed by atoms with Gasteiger partial charge in [-0.15, -0.1) is 0 Å². The minimum Gasteiger partial charge on any atom is -0.359 e. The summed E-state index contributed by atoms with van der Waals surface area (Å²) in [6.07, 6.45) is 8.05. The van der Waals surface area contributed by atoms with Crippen molar-refractivity contribution in [1.82, 2.24) is 10.6 Å². The predicted molar refractivity (Wildman–Crippen MR) is 66.2 cm³/mol. The lowest BCUT2D eigenvalue weighted by Crippen LogP contribution is -2.41. The molecular weight excluding hydrogens is 208 g/mol. The molecule has 0 bridgehead atoms. The van der Waals surface area contributed by atoms with Gasteiger partial charge in [-0.1, -0.05) is 12.8 Å². The zero-order valence-corrected chi connectivity index (χ0v) is 10.5. The summed E-state index contributed by atoms with van der Waals surface area (Å²) in [6.45, 7) is 0.807. The molecule has 2 N–H and O–H groups in total. The number of thioether (sulfide) groups is 1. The van der Waals surface area contributed by atoms with Crippen LogP contribution in [0.3, 0.4) is 0 Å². The summed E-state index contributed by atoms with van der Waals surface area (Å²) in [5.74, 6) is 0.124. The summed E-state index contributed by atoms with van der Waals surface area (Å²) in [6, 6.07) is 0.610. The molecule has 1 fully saturated rings. The maximum absolute atomic E-state index is 11.0. The number of hydrogen-bond acceptors (Lipinski definition) is 3. The van der Waals surface area contributed by atoms with E-state index in [2.05, 4.69) is 16.9 Å². The third-order valence-electron chi connectivity index (χ3n) is 3.04. The molecule has 88 valence electrons. The van der Waals surface area contributed by atoms with Gasteiger partial charge in [0.25, 0.3) is 0 Å². The van der Waals surface area contributed by atoms with Crippen molar-refractivity contribution in [3.63, 3.8) is 0 Å². The molecule has 2 unspecified atom stereocenters. The minimum absolute atomic E-state index is 0.124. The van der Waals surface area contributed by atoms with Crippen LogP contribution in [0, 0.1) is 0 Å². The molecule has 1 aliphatic rings. The number of carbonyl (C=O) groups is 1. The Morgan fingerprint density at radius 2 is 2.13 bits per heavy atom. The third kappa shape index (κ3) is 4.43. The van der Waals surface area contributed by atoms with Gasteiger partial charge in [0, 0.05) is 31.3 Å². The topological polar surface area (TPSA) is 41.1 Å². The van der Waals surface area contributed by atoms with Gasteiger partial charge in [-0.2, -0.15) is 11.8 Å². The highest BCUT2D eigenvalue weighted by Crippen LogP contribution is 2.26. The fraction of sp³-hybridized carbons (Fsp3) is 0.909. The number of amides is 1. The van der Waals surface area contributed by atoms with E-state index in [1.54, 1.807) is 7.05 Å². The van der Waals surface area contributed by atoms with Crippen LogP contribution < -0.4 is 10.6 Å². The molecule has 0 radical (unpaired) electrons. The molecule has 0 spiro atoms. The Balaban J connectivity index is 2.20. The Morgan fingerprint density at radius 3 is 2.80 bits per heavy atom. The van der Waals surface area contributed by atoms with Gasteiger partial charge in [-0.05, 0) is 19.1 Å². The number of carbonyl (C=O) groups excluding carboxylic acids is 1.